The smallest absolute Gasteiger partial charge is 0.219 e. The van der Waals surface area contributed by atoms with E-state index in [1.807, 2.05) is 6.07 Å². The van der Waals surface area contributed by atoms with Crippen molar-refractivity contribution in [3.8, 4) is 6.07 Å². The van der Waals surface area contributed by atoms with Gasteiger partial charge in [0, 0.05) is 13.0 Å². The van der Waals surface area contributed by atoms with Crippen molar-refractivity contribution in [2.75, 3.05) is 6.54 Å². The summed E-state index contributed by atoms with van der Waals surface area (Å²) in [4.78, 5) is 0. The number of hydrogen-bond donors (Lipinski definition) is 0. The van der Waals surface area contributed by atoms with Crippen LogP contribution in [0.4, 0.5) is 8.78 Å². The first-order valence-corrected chi connectivity index (χ1v) is 8.36. The van der Waals surface area contributed by atoms with Crippen LogP contribution >= 0.6 is 0 Å². The van der Waals surface area contributed by atoms with Gasteiger partial charge < -0.3 is 0 Å². The highest BCUT2D eigenvalue weighted by atomic mass is 32.2. The molecule has 0 aromatic heterocycles. The van der Waals surface area contributed by atoms with Crippen molar-refractivity contribution < 1.29 is 17.2 Å². The van der Waals surface area contributed by atoms with Gasteiger partial charge >= 0.3 is 0 Å². The Balaban J connectivity index is 2.50. The van der Waals surface area contributed by atoms with E-state index in [0.29, 0.717) is 5.56 Å². The second-order valence-electron chi connectivity index (χ2n) is 6.42. The van der Waals surface area contributed by atoms with Crippen LogP contribution in [0.1, 0.15) is 44.4 Å². The van der Waals surface area contributed by atoms with E-state index < -0.39 is 32.8 Å². The number of benzene rings is 1. The molecule has 2 atom stereocenters. The Kier molecular flexibility index (Phi) is 4.28. The summed E-state index contributed by atoms with van der Waals surface area (Å²) in [5.74, 6) is -0.635. The summed E-state index contributed by atoms with van der Waals surface area (Å²) in [5, 5.41) is 8.91. The Labute approximate surface area is 129 Å². The molecule has 0 saturated carbocycles. The Bertz CT molecular complexity index is 720. The molecule has 1 unspecified atom stereocenters. The van der Waals surface area contributed by atoms with Gasteiger partial charge in [0.2, 0.25) is 10.0 Å². The Hall–Kier alpha value is -1.52. The molecule has 0 radical (unpaired) electrons. The highest BCUT2D eigenvalue weighted by Gasteiger charge is 2.45. The minimum absolute atomic E-state index is 0.0381. The fourth-order valence-electron chi connectivity index (χ4n) is 2.55. The minimum atomic E-state index is -3.75. The van der Waals surface area contributed by atoms with Crippen LogP contribution < -0.4 is 0 Å². The van der Waals surface area contributed by atoms with Crippen LogP contribution in [-0.2, 0) is 10.0 Å². The largest absolute Gasteiger partial charge is 0.246 e. The average molecular weight is 328 g/mol. The van der Waals surface area contributed by atoms with Crippen molar-refractivity contribution >= 4 is 10.0 Å². The molecule has 0 aliphatic carbocycles. The molecule has 4 nitrogen and oxygen atoms in total. The Morgan fingerprint density at radius 2 is 1.95 bits per heavy atom. The first-order valence-electron chi connectivity index (χ1n) is 6.92. The summed E-state index contributed by atoms with van der Waals surface area (Å²) < 4.78 is 52.7. The molecule has 1 heterocycles. The molecule has 1 aromatic rings. The highest BCUT2D eigenvalue weighted by Crippen LogP contribution is 2.39. The van der Waals surface area contributed by atoms with E-state index in [0.717, 1.165) is 16.4 Å². The van der Waals surface area contributed by atoms with Crippen LogP contribution in [0, 0.1) is 17.1 Å². The number of halogens is 2. The zero-order valence-corrected chi connectivity index (χ0v) is 13.5. The molecule has 2 rings (SSSR count). The number of sulfonamides is 1. The van der Waals surface area contributed by atoms with E-state index in [2.05, 4.69) is 0 Å². The third-order valence-electron chi connectivity index (χ3n) is 3.72. The van der Waals surface area contributed by atoms with Crippen molar-refractivity contribution in [2.45, 2.75) is 44.2 Å². The highest BCUT2D eigenvalue weighted by molar-refractivity contribution is 7.90. The summed E-state index contributed by atoms with van der Waals surface area (Å²) >= 11 is 0. The molecule has 0 bridgehead atoms. The summed E-state index contributed by atoms with van der Waals surface area (Å²) in [7, 11) is -3.75. The number of nitriles is 1. The number of hydrogen-bond acceptors (Lipinski definition) is 3. The SMILES string of the molecule is CC(C)(C)S(=O)(=O)N1C[C@@H](F)CC1c1cc(F)cc(C#N)c1. The summed E-state index contributed by atoms with van der Waals surface area (Å²) in [6.45, 7) is 4.37. The van der Waals surface area contributed by atoms with Gasteiger partial charge in [-0.3, -0.25) is 0 Å². The lowest BCUT2D eigenvalue weighted by molar-refractivity contribution is 0.339. The van der Waals surface area contributed by atoms with Crippen LogP contribution in [0.25, 0.3) is 0 Å². The van der Waals surface area contributed by atoms with Crippen molar-refractivity contribution in [3.05, 3.63) is 35.1 Å². The van der Waals surface area contributed by atoms with Gasteiger partial charge in [0.25, 0.3) is 0 Å². The maximum Gasteiger partial charge on any atom is 0.219 e. The molecule has 0 N–H and O–H groups in total. The molecule has 7 heteroatoms. The van der Waals surface area contributed by atoms with Gasteiger partial charge in [-0.05, 0) is 44.5 Å². The van der Waals surface area contributed by atoms with Gasteiger partial charge in [-0.2, -0.15) is 9.57 Å². The lowest BCUT2D eigenvalue weighted by atomic mass is 10.0. The van der Waals surface area contributed by atoms with E-state index in [1.165, 1.54) is 26.8 Å². The first kappa shape index (κ1) is 16.8. The zero-order chi connectivity index (χ0) is 16.7. The van der Waals surface area contributed by atoms with Crippen molar-refractivity contribution in [1.29, 1.82) is 5.26 Å². The molecule has 1 fully saturated rings. The quantitative estimate of drug-likeness (QED) is 0.838. The molecule has 0 amide bonds. The van der Waals surface area contributed by atoms with Gasteiger partial charge in [-0.1, -0.05) is 0 Å². The van der Waals surface area contributed by atoms with Crippen molar-refractivity contribution in [3.63, 3.8) is 0 Å². The fourth-order valence-corrected chi connectivity index (χ4v) is 4.15. The molecule has 22 heavy (non-hydrogen) atoms. The van der Waals surface area contributed by atoms with Gasteiger partial charge in [0.1, 0.15) is 12.0 Å². The average Bonchev–Trinajstić information content (AvgIpc) is 2.79. The number of rotatable bonds is 2. The van der Waals surface area contributed by atoms with Crippen LogP contribution in [-0.4, -0.2) is 30.2 Å². The Morgan fingerprint density at radius 1 is 1.32 bits per heavy atom. The van der Waals surface area contributed by atoms with Crippen LogP contribution in [0.15, 0.2) is 18.2 Å². The molecular weight excluding hydrogens is 310 g/mol. The molecule has 1 aliphatic heterocycles. The number of nitrogens with zero attached hydrogens (tertiary/aromatic N) is 2. The number of alkyl halides is 1. The van der Waals surface area contributed by atoms with Gasteiger partial charge in [-0.25, -0.2) is 17.2 Å². The van der Waals surface area contributed by atoms with E-state index >= 15 is 0 Å². The van der Waals surface area contributed by atoms with Gasteiger partial charge in [0.05, 0.1) is 22.4 Å². The van der Waals surface area contributed by atoms with Gasteiger partial charge in [-0.15, -0.1) is 0 Å². The summed E-state index contributed by atoms with van der Waals surface area (Å²) in [6, 6.07) is 4.67. The van der Waals surface area contributed by atoms with E-state index in [-0.39, 0.29) is 18.5 Å². The molecule has 1 saturated heterocycles. The van der Waals surface area contributed by atoms with Crippen LogP contribution in [0.5, 0.6) is 0 Å². The van der Waals surface area contributed by atoms with Crippen molar-refractivity contribution in [2.24, 2.45) is 0 Å². The molecule has 1 aromatic carbocycles. The zero-order valence-electron chi connectivity index (χ0n) is 12.7. The van der Waals surface area contributed by atoms with Crippen LogP contribution in [0.3, 0.4) is 0 Å². The third-order valence-corrected chi connectivity index (χ3v) is 6.29. The molecule has 120 valence electrons. The summed E-state index contributed by atoms with van der Waals surface area (Å²) in [5.41, 5.74) is 0.398. The van der Waals surface area contributed by atoms with E-state index in [1.54, 1.807) is 0 Å². The standard InChI is InChI=1S/C15H18F2N2O2S/c1-15(2,3)22(20,21)19-9-13(17)7-14(19)11-4-10(8-18)5-12(16)6-11/h4-6,13-14H,7,9H2,1-3H3/t13-,14?/m0/s1. The third kappa shape index (κ3) is 2.99. The summed E-state index contributed by atoms with van der Waals surface area (Å²) in [6.07, 6.45) is -1.35. The molecule has 1 aliphatic rings. The predicted molar refractivity (Wildman–Crippen MR) is 78.7 cm³/mol. The molecule has 0 spiro atoms. The second-order valence-corrected chi connectivity index (χ2v) is 9.06. The lowest BCUT2D eigenvalue weighted by Gasteiger charge is -2.31. The monoisotopic (exact) mass is 328 g/mol. The topological polar surface area (TPSA) is 61.2 Å². The lowest BCUT2D eigenvalue weighted by Crippen LogP contribution is -2.43. The molecular formula is C15H18F2N2O2S. The first-order chi connectivity index (χ1) is 10.1. The Morgan fingerprint density at radius 3 is 2.50 bits per heavy atom. The van der Waals surface area contributed by atoms with E-state index in [4.69, 9.17) is 5.26 Å². The van der Waals surface area contributed by atoms with E-state index in [9.17, 15) is 17.2 Å². The van der Waals surface area contributed by atoms with Gasteiger partial charge in [0.15, 0.2) is 0 Å². The minimum Gasteiger partial charge on any atom is -0.246 e. The fraction of sp³-hybridized carbons (Fsp3) is 0.533. The predicted octanol–water partition coefficient (Wildman–Crippen LogP) is 2.91. The second kappa shape index (κ2) is 5.60. The van der Waals surface area contributed by atoms with Crippen molar-refractivity contribution in [1.82, 2.24) is 4.31 Å². The van der Waals surface area contributed by atoms with Crippen LogP contribution in [0.2, 0.25) is 0 Å². The normalized spacial score (nSPS) is 23.5. The maximum atomic E-state index is 13.8. The maximum absolute atomic E-state index is 13.8.